The van der Waals surface area contributed by atoms with Gasteiger partial charge in [0.1, 0.15) is 0 Å². The zero-order valence-electron chi connectivity index (χ0n) is 10.1. The van der Waals surface area contributed by atoms with Crippen LogP contribution in [0.15, 0.2) is 0 Å². The second-order valence-electron chi connectivity index (χ2n) is 4.68. The topological polar surface area (TPSA) is 73.3 Å². The summed E-state index contributed by atoms with van der Waals surface area (Å²) >= 11 is 0. The molecule has 0 aromatic rings. The van der Waals surface area contributed by atoms with E-state index in [0.717, 1.165) is 44.8 Å². The number of nitrogens with zero attached hydrogens (tertiary/aromatic N) is 1. The summed E-state index contributed by atoms with van der Waals surface area (Å²) in [4.78, 5) is 2.50. The number of nitrogens with one attached hydrogen (secondary N) is 1. The molecule has 0 aromatic heterocycles. The lowest BCUT2D eigenvalue weighted by molar-refractivity contribution is 0.115. The Morgan fingerprint density at radius 2 is 1.94 bits per heavy atom. The number of amidine groups is 1. The van der Waals surface area contributed by atoms with Crippen LogP contribution in [0.25, 0.3) is 0 Å². The minimum atomic E-state index is 0.288. The van der Waals surface area contributed by atoms with Crippen molar-refractivity contribution in [2.75, 3.05) is 19.7 Å². The molecule has 4 N–H and O–H groups in total. The highest BCUT2D eigenvalue weighted by Gasteiger charge is 2.23. The molecule has 0 radical (unpaired) electrons. The Labute approximate surface area is 98.3 Å². The van der Waals surface area contributed by atoms with Crippen LogP contribution in [0.3, 0.4) is 0 Å². The summed E-state index contributed by atoms with van der Waals surface area (Å²) in [5.74, 6) is 0.297. The van der Waals surface area contributed by atoms with Crippen molar-refractivity contribution in [3.05, 3.63) is 0 Å². The van der Waals surface area contributed by atoms with Gasteiger partial charge < -0.3 is 15.7 Å². The van der Waals surface area contributed by atoms with Crippen molar-refractivity contribution in [1.82, 2.24) is 4.90 Å². The monoisotopic (exact) mass is 227 g/mol. The quantitative estimate of drug-likeness (QED) is 0.316. The molecule has 1 saturated carbocycles. The summed E-state index contributed by atoms with van der Waals surface area (Å²) in [5, 5.41) is 16.0. The molecule has 94 valence electrons. The van der Waals surface area contributed by atoms with Crippen LogP contribution in [0.5, 0.6) is 0 Å². The third kappa shape index (κ3) is 4.94. The number of aliphatic hydroxyl groups is 1. The van der Waals surface area contributed by atoms with Crippen LogP contribution in [0.1, 0.15) is 44.9 Å². The highest BCUT2D eigenvalue weighted by Crippen LogP contribution is 2.25. The number of aliphatic hydroxyl groups excluding tert-OH is 1. The average Bonchev–Trinajstić information content (AvgIpc) is 2.17. The van der Waals surface area contributed by atoms with E-state index in [-0.39, 0.29) is 6.61 Å². The molecule has 0 unspecified atom stereocenters. The number of rotatable bonds is 9. The van der Waals surface area contributed by atoms with Crippen molar-refractivity contribution in [2.45, 2.75) is 51.0 Å². The smallest absolute Gasteiger partial charge is 0.0905 e. The summed E-state index contributed by atoms with van der Waals surface area (Å²) in [6, 6.07) is 0.754. The van der Waals surface area contributed by atoms with E-state index in [1.807, 2.05) is 0 Å². The van der Waals surface area contributed by atoms with Crippen LogP contribution in [0, 0.1) is 5.41 Å². The minimum absolute atomic E-state index is 0.288. The highest BCUT2D eigenvalue weighted by atomic mass is 16.3. The molecule has 1 aliphatic carbocycles. The van der Waals surface area contributed by atoms with E-state index in [4.69, 9.17) is 16.2 Å². The standard InChI is InChI=1S/C12H25N3O/c13-12(14)7-1-2-8-15(9-4-10-16)11-5-3-6-11/h11,16H,1-10H2,(H3,13,14). The summed E-state index contributed by atoms with van der Waals surface area (Å²) in [5.41, 5.74) is 5.32. The molecular formula is C12H25N3O. The Balaban J connectivity index is 2.13. The predicted octanol–water partition coefficient (Wildman–Crippen LogP) is 1.33. The molecule has 16 heavy (non-hydrogen) atoms. The van der Waals surface area contributed by atoms with Gasteiger partial charge in [-0.3, -0.25) is 5.41 Å². The summed E-state index contributed by atoms with van der Waals surface area (Å²) < 4.78 is 0. The van der Waals surface area contributed by atoms with Crippen molar-refractivity contribution in [3.63, 3.8) is 0 Å². The fraction of sp³-hybridized carbons (Fsp3) is 0.917. The van der Waals surface area contributed by atoms with E-state index in [9.17, 15) is 0 Å². The van der Waals surface area contributed by atoms with Crippen molar-refractivity contribution < 1.29 is 5.11 Å². The first-order valence-corrected chi connectivity index (χ1v) is 6.42. The SMILES string of the molecule is N=C(N)CCCCN(CCCO)C1CCC1. The molecule has 0 heterocycles. The van der Waals surface area contributed by atoms with Crippen LogP contribution in [-0.2, 0) is 0 Å². The summed E-state index contributed by atoms with van der Waals surface area (Å²) in [6.45, 7) is 2.40. The molecule has 0 spiro atoms. The largest absolute Gasteiger partial charge is 0.396 e. The lowest BCUT2D eigenvalue weighted by Crippen LogP contribution is -2.41. The van der Waals surface area contributed by atoms with Gasteiger partial charge in [0.05, 0.1) is 5.84 Å². The Kier molecular flexibility index (Phi) is 6.42. The van der Waals surface area contributed by atoms with Gasteiger partial charge in [-0.2, -0.15) is 0 Å². The average molecular weight is 227 g/mol. The van der Waals surface area contributed by atoms with Gasteiger partial charge in [0, 0.05) is 25.6 Å². The van der Waals surface area contributed by atoms with E-state index < -0.39 is 0 Å². The summed E-state index contributed by atoms with van der Waals surface area (Å²) in [6.07, 6.45) is 7.71. The molecule has 0 bridgehead atoms. The molecule has 1 aliphatic rings. The molecule has 0 amide bonds. The fourth-order valence-corrected chi connectivity index (χ4v) is 2.13. The zero-order chi connectivity index (χ0) is 11.8. The third-order valence-electron chi connectivity index (χ3n) is 3.34. The van der Waals surface area contributed by atoms with Crippen LogP contribution >= 0.6 is 0 Å². The minimum Gasteiger partial charge on any atom is -0.396 e. The van der Waals surface area contributed by atoms with Gasteiger partial charge in [-0.15, -0.1) is 0 Å². The first-order valence-electron chi connectivity index (χ1n) is 6.42. The first-order chi connectivity index (χ1) is 7.74. The molecule has 4 heteroatoms. The van der Waals surface area contributed by atoms with Crippen molar-refractivity contribution in [3.8, 4) is 0 Å². The van der Waals surface area contributed by atoms with Crippen molar-refractivity contribution >= 4 is 5.84 Å². The van der Waals surface area contributed by atoms with Gasteiger partial charge in [-0.05, 0) is 38.6 Å². The van der Waals surface area contributed by atoms with Crippen molar-refractivity contribution in [1.29, 1.82) is 5.41 Å². The van der Waals surface area contributed by atoms with E-state index in [0.29, 0.717) is 5.84 Å². The first kappa shape index (κ1) is 13.5. The van der Waals surface area contributed by atoms with Gasteiger partial charge in [-0.25, -0.2) is 0 Å². The van der Waals surface area contributed by atoms with E-state index >= 15 is 0 Å². The van der Waals surface area contributed by atoms with Gasteiger partial charge in [-0.1, -0.05) is 6.42 Å². The molecule has 0 aliphatic heterocycles. The number of unbranched alkanes of at least 4 members (excludes halogenated alkanes) is 1. The van der Waals surface area contributed by atoms with Crippen molar-refractivity contribution in [2.24, 2.45) is 5.73 Å². The third-order valence-corrected chi connectivity index (χ3v) is 3.34. The Morgan fingerprint density at radius 1 is 1.25 bits per heavy atom. The van der Waals surface area contributed by atoms with Gasteiger partial charge in [0.15, 0.2) is 0 Å². The number of nitrogens with two attached hydrogens (primary N) is 1. The van der Waals surface area contributed by atoms with E-state index in [1.165, 1.54) is 19.3 Å². The lowest BCUT2D eigenvalue weighted by atomic mass is 9.91. The van der Waals surface area contributed by atoms with Crippen LogP contribution in [0.4, 0.5) is 0 Å². The fourth-order valence-electron chi connectivity index (χ4n) is 2.13. The van der Waals surface area contributed by atoms with Gasteiger partial charge in [0.2, 0.25) is 0 Å². The maximum Gasteiger partial charge on any atom is 0.0905 e. The van der Waals surface area contributed by atoms with Gasteiger partial charge >= 0.3 is 0 Å². The summed E-state index contributed by atoms with van der Waals surface area (Å²) in [7, 11) is 0. The second kappa shape index (κ2) is 7.63. The van der Waals surface area contributed by atoms with Crippen LogP contribution in [0.2, 0.25) is 0 Å². The molecular weight excluding hydrogens is 202 g/mol. The van der Waals surface area contributed by atoms with Crippen LogP contribution < -0.4 is 5.73 Å². The number of hydrogen-bond donors (Lipinski definition) is 3. The normalized spacial score (nSPS) is 16.4. The lowest BCUT2D eigenvalue weighted by Gasteiger charge is -2.37. The molecule has 1 rings (SSSR count). The van der Waals surface area contributed by atoms with Gasteiger partial charge in [0.25, 0.3) is 0 Å². The maximum absolute atomic E-state index is 8.86. The predicted molar refractivity (Wildman–Crippen MR) is 66.7 cm³/mol. The molecule has 1 fully saturated rings. The highest BCUT2D eigenvalue weighted by molar-refractivity contribution is 5.76. The molecule has 4 nitrogen and oxygen atoms in total. The van der Waals surface area contributed by atoms with E-state index in [2.05, 4.69) is 4.90 Å². The molecule has 0 saturated heterocycles. The molecule has 0 atom stereocenters. The van der Waals surface area contributed by atoms with E-state index in [1.54, 1.807) is 0 Å². The Hall–Kier alpha value is -0.610. The second-order valence-corrected chi connectivity index (χ2v) is 4.68. The molecule has 0 aromatic carbocycles. The zero-order valence-corrected chi connectivity index (χ0v) is 10.1. The Bertz CT molecular complexity index is 204. The van der Waals surface area contributed by atoms with Crippen LogP contribution in [-0.4, -0.2) is 41.6 Å². The number of hydrogen-bond acceptors (Lipinski definition) is 3. The maximum atomic E-state index is 8.86. The Morgan fingerprint density at radius 3 is 2.44 bits per heavy atom.